The van der Waals surface area contributed by atoms with Crippen LogP contribution in [0, 0.1) is 6.92 Å². The molecular weight excluding hydrogens is 348 g/mol. The van der Waals surface area contributed by atoms with Crippen molar-refractivity contribution in [2.45, 2.75) is 6.92 Å². The third-order valence-electron chi connectivity index (χ3n) is 3.67. The molecule has 0 fully saturated rings. The Labute approximate surface area is 151 Å². The Morgan fingerprint density at radius 3 is 2.04 bits per heavy atom. The van der Waals surface area contributed by atoms with E-state index >= 15 is 0 Å². The van der Waals surface area contributed by atoms with Crippen molar-refractivity contribution < 1.29 is 12.5 Å². The first kappa shape index (κ1) is 16.2. The maximum atomic E-state index is 5.38. The number of benzene rings is 3. The summed E-state index contributed by atoms with van der Waals surface area (Å²) in [5, 5.41) is 1.76. The number of rotatable bonds is 4. The van der Waals surface area contributed by atoms with Gasteiger partial charge in [0, 0.05) is 60.6 Å². The molecule has 3 nitrogen and oxygen atoms in total. The highest BCUT2D eigenvalue weighted by molar-refractivity contribution is 7.75. The lowest BCUT2D eigenvalue weighted by atomic mass is 9.97. The van der Waals surface area contributed by atoms with Crippen LogP contribution in [-0.2, 0) is 0 Å². The normalized spacial score (nSPS) is 10.6. The van der Waals surface area contributed by atoms with Gasteiger partial charge in [0.2, 0.25) is 0 Å². The van der Waals surface area contributed by atoms with Crippen LogP contribution in [0.2, 0.25) is 0 Å². The first-order chi connectivity index (χ1) is 11.2. The molecule has 0 aliphatic carbocycles. The molecular formula is C17H14O3S3. The van der Waals surface area contributed by atoms with Crippen LogP contribution >= 0.6 is 38.7 Å². The molecule has 118 valence electrons. The Morgan fingerprint density at radius 1 is 0.696 bits per heavy atom. The minimum Gasteiger partial charge on any atom is -0.428 e. The zero-order valence-electron chi connectivity index (χ0n) is 12.2. The molecule has 0 atom stereocenters. The molecule has 3 rings (SSSR count). The van der Waals surface area contributed by atoms with Gasteiger partial charge in [-0.25, -0.2) is 0 Å². The van der Waals surface area contributed by atoms with Gasteiger partial charge in [0.05, 0.1) is 0 Å². The SMILES string of the molecule is Cc1ccc(-c2cc(OS)c3ccccc3c2OS)c(OS)c1. The monoisotopic (exact) mass is 362 g/mol. The Hall–Kier alpha value is -1.63. The van der Waals surface area contributed by atoms with Crippen LogP contribution in [0.15, 0.2) is 48.5 Å². The molecule has 0 spiro atoms. The highest BCUT2D eigenvalue weighted by Crippen LogP contribution is 2.45. The molecule has 3 aromatic carbocycles. The molecule has 0 bridgehead atoms. The standard InChI is InChI=1S/C17H14O3S3/c1-10-6-7-12(15(8-10)18-21)14-9-16(19-22)11-4-2-3-5-13(11)17(14)20-23/h2-9,21-23H,1H3. The number of aryl methyl sites for hydroxylation is 1. The average molecular weight is 362 g/mol. The van der Waals surface area contributed by atoms with E-state index < -0.39 is 0 Å². The van der Waals surface area contributed by atoms with E-state index in [9.17, 15) is 0 Å². The fraction of sp³-hybridized carbons (Fsp3) is 0.0588. The van der Waals surface area contributed by atoms with E-state index in [1.807, 2.05) is 55.5 Å². The van der Waals surface area contributed by atoms with E-state index in [0.29, 0.717) is 17.2 Å². The summed E-state index contributed by atoms with van der Waals surface area (Å²) >= 11 is 12.0. The van der Waals surface area contributed by atoms with Crippen LogP contribution in [0.4, 0.5) is 0 Å². The van der Waals surface area contributed by atoms with Crippen molar-refractivity contribution in [3.8, 4) is 28.4 Å². The third kappa shape index (κ3) is 2.94. The van der Waals surface area contributed by atoms with Crippen LogP contribution in [0.1, 0.15) is 5.56 Å². The van der Waals surface area contributed by atoms with E-state index in [-0.39, 0.29) is 0 Å². The van der Waals surface area contributed by atoms with Crippen molar-refractivity contribution in [1.82, 2.24) is 0 Å². The van der Waals surface area contributed by atoms with Gasteiger partial charge in [0.1, 0.15) is 11.5 Å². The van der Waals surface area contributed by atoms with Gasteiger partial charge < -0.3 is 12.5 Å². The second-order valence-corrected chi connectivity index (χ2v) is 5.62. The Morgan fingerprint density at radius 2 is 1.39 bits per heavy atom. The summed E-state index contributed by atoms with van der Waals surface area (Å²) in [5.74, 6) is 1.87. The molecule has 0 saturated heterocycles. The zero-order valence-corrected chi connectivity index (χ0v) is 14.9. The van der Waals surface area contributed by atoms with Gasteiger partial charge in [-0.1, -0.05) is 36.4 Å². The quantitative estimate of drug-likeness (QED) is 0.423. The van der Waals surface area contributed by atoms with Crippen molar-refractivity contribution in [1.29, 1.82) is 0 Å². The molecule has 0 aliphatic heterocycles. The van der Waals surface area contributed by atoms with Crippen LogP contribution in [0.5, 0.6) is 17.2 Å². The van der Waals surface area contributed by atoms with E-state index in [1.54, 1.807) is 0 Å². The van der Waals surface area contributed by atoms with Crippen molar-refractivity contribution in [2.24, 2.45) is 0 Å². The molecule has 0 amide bonds. The molecule has 0 heterocycles. The lowest BCUT2D eigenvalue weighted by Gasteiger charge is -2.16. The minimum absolute atomic E-state index is 0.619. The fourth-order valence-electron chi connectivity index (χ4n) is 2.62. The molecule has 3 aromatic rings. The lowest BCUT2D eigenvalue weighted by Crippen LogP contribution is -1.91. The summed E-state index contributed by atoms with van der Waals surface area (Å²) in [6.07, 6.45) is 0. The van der Waals surface area contributed by atoms with Gasteiger partial charge in [-0.15, -0.1) is 0 Å². The molecule has 23 heavy (non-hydrogen) atoms. The summed E-state index contributed by atoms with van der Waals surface area (Å²) in [5.41, 5.74) is 2.68. The maximum absolute atomic E-state index is 5.38. The fourth-order valence-corrected chi connectivity index (χ4v) is 3.12. The minimum atomic E-state index is 0.619. The average Bonchev–Trinajstić information content (AvgIpc) is 2.60. The van der Waals surface area contributed by atoms with E-state index in [1.165, 1.54) is 0 Å². The van der Waals surface area contributed by atoms with Crippen LogP contribution in [0.25, 0.3) is 21.9 Å². The van der Waals surface area contributed by atoms with Gasteiger partial charge >= 0.3 is 0 Å². The highest BCUT2D eigenvalue weighted by atomic mass is 32.1. The summed E-state index contributed by atoms with van der Waals surface area (Å²) < 4.78 is 15.8. The highest BCUT2D eigenvalue weighted by Gasteiger charge is 2.18. The number of hydrogen-bond donors (Lipinski definition) is 3. The predicted molar refractivity (Wildman–Crippen MR) is 103 cm³/mol. The van der Waals surface area contributed by atoms with Gasteiger partial charge in [-0.3, -0.25) is 0 Å². The molecule has 0 saturated carbocycles. The van der Waals surface area contributed by atoms with Crippen LogP contribution in [-0.4, -0.2) is 0 Å². The van der Waals surface area contributed by atoms with Crippen LogP contribution < -0.4 is 12.5 Å². The summed E-state index contributed by atoms with van der Waals surface area (Å²) in [6.45, 7) is 1.98. The van der Waals surface area contributed by atoms with Crippen molar-refractivity contribution in [3.63, 3.8) is 0 Å². The summed E-state index contributed by atoms with van der Waals surface area (Å²) in [4.78, 5) is 0. The van der Waals surface area contributed by atoms with Crippen LogP contribution in [0.3, 0.4) is 0 Å². The van der Waals surface area contributed by atoms with Gasteiger partial charge in [-0.2, -0.15) is 0 Å². The molecule has 0 aromatic heterocycles. The van der Waals surface area contributed by atoms with Crippen molar-refractivity contribution >= 4 is 49.5 Å². The zero-order chi connectivity index (χ0) is 16.4. The molecule has 0 aliphatic rings. The summed E-state index contributed by atoms with van der Waals surface area (Å²) in [7, 11) is 0. The maximum Gasteiger partial charge on any atom is 0.153 e. The van der Waals surface area contributed by atoms with Gasteiger partial charge in [-0.05, 0) is 24.6 Å². The number of thiol groups is 3. The second-order valence-electron chi connectivity index (χ2n) is 5.07. The first-order valence-corrected chi connectivity index (χ1v) is 7.90. The summed E-state index contributed by atoms with van der Waals surface area (Å²) in [6, 6.07) is 15.4. The molecule has 0 unspecified atom stereocenters. The number of hydrogen-bond acceptors (Lipinski definition) is 6. The van der Waals surface area contributed by atoms with Crippen molar-refractivity contribution in [2.75, 3.05) is 0 Å². The molecule has 0 N–H and O–H groups in total. The molecule has 0 radical (unpaired) electrons. The van der Waals surface area contributed by atoms with E-state index in [4.69, 9.17) is 12.5 Å². The van der Waals surface area contributed by atoms with E-state index in [2.05, 4.69) is 38.7 Å². The first-order valence-electron chi connectivity index (χ1n) is 6.80. The predicted octanol–water partition coefficient (Wildman–Crippen LogP) is 5.49. The Kier molecular flexibility index (Phi) is 4.84. The van der Waals surface area contributed by atoms with E-state index in [0.717, 1.165) is 27.5 Å². The number of fused-ring (bicyclic) bond motifs is 1. The largest absolute Gasteiger partial charge is 0.428 e. The molecule has 6 heteroatoms. The Balaban J connectivity index is 2.37. The smallest absolute Gasteiger partial charge is 0.153 e. The van der Waals surface area contributed by atoms with Crippen molar-refractivity contribution in [3.05, 3.63) is 54.1 Å². The van der Waals surface area contributed by atoms with Gasteiger partial charge in [0.15, 0.2) is 5.75 Å². The second kappa shape index (κ2) is 6.86. The lowest BCUT2D eigenvalue weighted by molar-refractivity contribution is 0.647. The Bertz CT molecular complexity index is 865. The topological polar surface area (TPSA) is 27.7 Å². The van der Waals surface area contributed by atoms with Gasteiger partial charge in [0.25, 0.3) is 0 Å². The third-order valence-corrected chi connectivity index (χ3v) is 4.25.